The van der Waals surface area contributed by atoms with Crippen molar-refractivity contribution in [3.05, 3.63) is 41.5 Å². The molecule has 5 nitrogen and oxygen atoms in total. The van der Waals surface area contributed by atoms with Crippen LogP contribution in [0.5, 0.6) is 0 Å². The van der Waals surface area contributed by atoms with Crippen LogP contribution in [0.4, 0.5) is 4.39 Å². The van der Waals surface area contributed by atoms with Gasteiger partial charge in [-0.3, -0.25) is 4.68 Å². The molecule has 22 heavy (non-hydrogen) atoms. The molecule has 0 bridgehead atoms. The van der Waals surface area contributed by atoms with Crippen LogP contribution in [0.3, 0.4) is 0 Å². The summed E-state index contributed by atoms with van der Waals surface area (Å²) >= 11 is 0. The van der Waals surface area contributed by atoms with Crippen LogP contribution in [0.25, 0.3) is 11.1 Å². The van der Waals surface area contributed by atoms with Gasteiger partial charge in [-0.25, -0.2) is 9.18 Å². The van der Waals surface area contributed by atoms with Gasteiger partial charge >= 0.3 is 5.97 Å². The Morgan fingerprint density at radius 2 is 2.14 bits per heavy atom. The molecule has 0 saturated carbocycles. The monoisotopic (exact) mass is 304 g/mol. The van der Waals surface area contributed by atoms with Gasteiger partial charge in [0.05, 0.1) is 17.8 Å². The summed E-state index contributed by atoms with van der Waals surface area (Å²) in [5.74, 6) is -1.99. The molecule has 0 unspecified atom stereocenters. The van der Waals surface area contributed by atoms with Crippen LogP contribution in [0.2, 0.25) is 0 Å². The molecule has 0 aliphatic carbocycles. The number of carbonyl (C=O) groups is 1. The van der Waals surface area contributed by atoms with Crippen LogP contribution in [-0.2, 0) is 4.74 Å². The Morgan fingerprint density at radius 3 is 2.82 bits per heavy atom. The molecule has 0 radical (unpaired) electrons. The van der Waals surface area contributed by atoms with E-state index in [1.54, 1.807) is 13.1 Å². The van der Waals surface area contributed by atoms with E-state index in [0.29, 0.717) is 17.2 Å². The summed E-state index contributed by atoms with van der Waals surface area (Å²) in [5.41, 5.74) is 1.86. The summed E-state index contributed by atoms with van der Waals surface area (Å²) in [6.45, 7) is 3.22. The van der Waals surface area contributed by atoms with Gasteiger partial charge in [0.15, 0.2) is 0 Å². The van der Waals surface area contributed by atoms with Gasteiger partial charge in [0.25, 0.3) is 0 Å². The molecule has 1 saturated heterocycles. The number of aromatic nitrogens is 2. The number of carboxylic acid groups (broad SMARTS) is 1. The van der Waals surface area contributed by atoms with Crippen molar-refractivity contribution in [2.24, 2.45) is 0 Å². The Morgan fingerprint density at radius 1 is 1.41 bits per heavy atom. The second-order valence-corrected chi connectivity index (χ2v) is 5.50. The first-order chi connectivity index (χ1) is 10.6. The molecular formula is C16H17FN2O3. The van der Waals surface area contributed by atoms with E-state index in [1.807, 2.05) is 10.9 Å². The lowest BCUT2D eigenvalue weighted by atomic mass is 10.00. The first-order valence-electron chi connectivity index (χ1n) is 7.22. The minimum Gasteiger partial charge on any atom is -0.478 e. The highest BCUT2D eigenvalue weighted by Crippen LogP contribution is 2.28. The number of hydrogen-bond donors (Lipinski definition) is 1. The molecule has 1 aromatic carbocycles. The van der Waals surface area contributed by atoms with Gasteiger partial charge in [0.1, 0.15) is 5.82 Å². The largest absolute Gasteiger partial charge is 0.478 e. The summed E-state index contributed by atoms with van der Waals surface area (Å²) in [7, 11) is 0. The molecule has 3 rings (SSSR count). The smallest absolute Gasteiger partial charge is 0.338 e. The Hall–Kier alpha value is -2.21. The summed E-state index contributed by atoms with van der Waals surface area (Å²) in [5, 5.41) is 13.3. The molecule has 116 valence electrons. The average Bonchev–Trinajstić information content (AvgIpc) is 2.99. The van der Waals surface area contributed by atoms with Crippen LogP contribution >= 0.6 is 0 Å². The van der Waals surface area contributed by atoms with Crippen molar-refractivity contribution >= 4 is 5.97 Å². The summed E-state index contributed by atoms with van der Waals surface area (Å²) in [6, 6.07) is 2.93. The van der Waals surface area contributed by atoms with Crippen molar-refractivity contribution in [1.82, 2.24) is 9.78 Å². The van der Waals surface area contributed by atoms with Gasteiger partial charge in [0.2, 0.25) is 0 Å². The molecule has 0 atom stereocenters. The normalized spacial score (nSPS) is 15.9. The van der Waals surface area contributed by atoms with Crippen LogP contribution in [0.15, 0.2) is 24.5 Å². The number of aryl methyl sites for hydroxylation is 1. The van der Waals surface area contributed by atoms with E-state index in [9.17, 15) is 9.18 Å². The maximum Gasteiger partial charge on any atom is 0.338 e. The first kappa shape index (κ1) is 14.7. The average molecular weight is 304 g/mol. The SMILES string of the molecule is Cc1cc(C(=O)O)c(F)cc1-c1cnn(C2CCOCC2)c1. The zero-order valence-corrected chi connectivity index (χ0v) is 12.3. The summed E-state index contributed by atoms with van der Waals surface area (Å²) < 4.78 is 21.1. The quantitative estimate of drug-likeness (QED) is 0.946. The van der Waals surface area contributed by atoms with E-state index in [1.165, 1.54) is 12.1 Å². The molecule has 1 N–H and O–H groups in total. The molecule has 2 heterocycles. The van der Waals surface area contributed by atoms with E-state index in [2.05, 4.69) is 5.10 Å². The van der Waals surface area contributed by atoms with Crippen LogP contribution < -0.4 is 0 Å². The van der Waals surface area contributed by atoms with Gasteiger partial charge in [-0.2, -0.15) is 5.10 Å². The third kappa shape index (κ3) is 2.74. The number of carboxylic acids is 1. The molecule has 6 heteroatoms. The topological polar surface area (TPSA) is 64.3 Å². The molecule has 0 spiro atoms. The number of halogens is 1. The molecule has 1 aromatic heterocycles. The second kappa shape index (κ2) is 5.88. The lowest BCUT2D eigenvalue weighted by molar-refractivity contribution is 0.0662. The molecule has 1 fully saturated rings. The van der Waals surface area contributed by atoms with Gasteiger partial charge in [-0.05, 0) is 43.0 Å². The van der Waals surface area contributed by atoms with E-state index in [-0.39, 0.29) is 5.56 Å². The Kier molecular flexibility index (Phi) is 3.94. The highest BCUT2D eigenvalue weighted by molar-refractivity contribution is 5.89. The molecule has 1 aliphatic heterocycles. The number of nitrogens with zero attached hydrogens (tertiary/aromatic N) is 2. The highest BCUT2D eigenvalue weighted by Gasteiger charge is 2.18. The number of rotatable bonds is 3. The third-order valence-electron chi connectivity index (χ3n) is 4.02. The van der Waals surface area contributed by atoms with Gasteiger partial charge in [-0.1, -0.05) is 0 Å². The Bertz CT molecular complexity index is 705. The maximum atomic E-state index is 13.9. The van der Waals surface area contributed by atoms with Crippen molar-refractivity contribution in [3.8, 4) is 11.1 Å². The number of ether oxygens (including phenoxy) is 1. The predicted molar refractivity (Wildman–Crippen MR) is 78.4 cm³/mol. The van der Waals surface area contributed by atoms with Crippen LogP contribution in [0, 0.1) is 12.7 Å². The van der Waals surface area contributed by atoms with E-state index < -0.39 is 11.8 Å². The third-order valence-corrected chi connectivity index (χ3v) is 4.02. The van der Waals surface area contributed by atoms with Crippen molar-refractivity contribution in [3.63, 3.8) is 0 Å². The first-order valence-corrected chi connectivity index (χ1v) is 7.22. The Balaban J connectivity index is 1.93. The lowest BCUT2D eigenvalue weighted by Crippen LogP contribution is -2.19. The van der Waals surface area contributed by atoms with Crippen molar-refractivity contribution in [2.75, 3.05) is 13.2 Å². The van der Waals surface area contributed by atoms with Crippen molar-refractivity contribution in [1.29, 1.82) is 0 Å². The van der Waals surface area contributed by atoms with Crippen molar-refractivity contribution in [2.45, 2.75) is 25.8 Å². The zero-order chi connectivity index (χ0) is 15.7. The molecular weight excluding hydrogens is 287 g/mol. The fourth-order valence-corrected chi connectivity index (χ4v) is 2.78. The second-order valence-electron chi connectivity index (χ2n) is 5.50. The lowest BCUT2D eigenvalue weighted by Gasteiger charge is -2.22. The minimum absolute atomic E-state index is 0.297. The van der Waals surface area contributed by atoms with Gasteiger partial charge in [0, 0.05) is 25.0 Å². The van der Waals surface area contributed by atoms with Crippen molar-refractivity contribution < 1.29 is 19.0 Å². The molecule has 2 aromatic rings. The highest BCUT2D eigenvalue weighted by atomic mass is 19.1. The van der Waals surface area contributed by atoms with E-state index in [4.69, 9.17) is 9.84 Å². The summed E-state index contributed by atoms with van der Waals surface area (Å²) in [6.07, 6.45) is 5.40. The van der Waals surface area contributed by atoms with Crippen LogP contribution in [-0.4, -0.2) is 34.1 Å². The van der Waals surface area contributed by atoms with Crippen LogP contribution in [0.1, 0.15) is 34.8 Å². The standard InChI is InChI=1S/C16H17FN2O3/c1-10-6-14(16(20)21)15(17)7-13(10)11-8-18-19(9-11)12-2-4-22-5-3-12/h6-9,12H,2-5H2,1H3,(H,20,21). The number of aromatic carboxylic acids is 1. The fourth-order valence-electron chi connectivity index (χ4n) is 2.78. The minimum atomic E-state index is -1.26. The van der Waals surface area contributed by atoms with Gasteiger partial charge in [-0.15, -0.1) is 0 Å². The number of hydrogen-bond acceptors (Lipinski definition) is 3. The predicted octanol–water partition coefficient (Wildman–Crippen LogP) is 3.05. The summed E-state index contributed by atoms with van der Waals surface area (Å²) in [4.78, 5) is 11.0. The fraction of sp³-hybridized carbons (Fsp3) is 0.375. The van der Waals surface area contributed by atoms with Gasteiger partial charge < -0.3 is 9.84 Å². The van der Waals surface area contributed by atoms with E-state index in [0.717, 1.165) is 31.6 Å². The zero-order valence-electron chi connectivity index (χ0n) is 12.3. The Labute approximate surface area is 127 Å². The molecule has 0 amide bonds. The van der Waals surface area contributed by atoms with E-state index >= 15 is 0 Å². The number of benzene rings is 1. The molecule has 1 aliphatic rings. The maximum absolute atomic E-state index is 13.9.